The van der Waals surface area contributed by atoms with Gasteiger partial charge in [-0.25, -0.2) is 9.97 Å². The molecule has 2 aromatic rings. The number of thioether (sulfide) groups is 1. The first-order valence-electron chi connectivity index (χ1n) is 8.92. The lowest BCUT2D eigenvalue weighted by Crippen LogP contribution is -2.31. The quantitative estimate of drug-likeness (QED) is 0.767. The number of aryl methyl sites for hydroxylation is 2. The van der Waals surface area contributed by atoms with Crippen LogP contribution in [0.15, 0.2) is 0 Å². The Morgan fingerprint density at radius 2 is 2.00 bits per heavy atom. The van der Waals surface area contributed by atoms with Crippen LogP contribution in [0.25, 0.3) is 10.2 Å². The van der Waals surface area contributed by atoms with Crippen molar-refractivity contribution in [3.63, 3.8) is 0 Å². The third kappa shape index (κ3) is 4.10. The van der Waals surface area contributed by atoms with Gasteiger partial charge in [0.25, 0.3) is 0 Å². The average molecular weight is 381 g/mol. The van der Waals surface area contributed by atoms with Crippen LogP contribution in [0.1, 0.15) is 36.0 Å². The van der Waals surface area contributed by atoms with Gasteiger partial charge in [0.05, 0.1) is 18.5 Å². The van der Waals surface area contributed by atoms with Crippen LogP contribution in [0.4, 0.5) is 5.82 Å². The van der Waals surface area contributed by atoms with Crippen molar-refractivity contribution in [3.8, 4) is 0 Å². The van der Waals surface area contributed by atoms with Gasteiger partial charge in [-0.15, -0.1) is 11.3 Å². The first-order valence-corrected chi connectivity index (χ1v) is 11.0. The highest BCUT2D eigenvalue weighted by molar-refractivity contribution is 7.99. The van der Waals surface area contributed by atoms with E-state index in [2.05, 4.69) is 31.0 Å². The van der Waals surface area contributed by atoms with E-state index in [1.165, 1.54) is 23.3 Å². The minimum atomic E-state index is 0.136. The molecule has 3 rings (SSSR count). The Hall–Kier alpha value is -0.890. The Kier molecular flexibility index (Phi) is 6.20. The van der Waals surface area contributed by atoms with Crippen molar-refractivity contribution in [1.29, 1.82) is 0 Å². The lowest BCUT2D eigenvalue weighted by Gasteiger charge is -2.23. The molecule has 0 radical (unpaired) electrons. The molecule has 2 atom stereocenters. The normalized spacial score (nSPS) is 18.0. The lowest BCUT2D eigenvalue weighted by molar-refractivity contribution is 0.288. The number of nitrogens with zero attached hydrogens (tertiary/aromatic N) is 3. The van der Waals surface area contributed by atoms with E-state index in [0.29, 0.717) is 0 Å². The van der Waals surface area contributed by atoms with E-state index >= 15 is 0 Å². The van der Waals surface area contributed by atoms with Gasteiger partial charge in [0, 0.05) is 16.2 Å². The van der Waals surface area contributed by atoms with Gasteiger partial charge in [-0.2, -0.15) is 11.8 Å². The summed E-state index contributed by atoms with van der Waals surface area (Å²) in [5, 5.41) is 14.4. The molecule has 2 N–H and O–H groups in total. The molecule has 25 heavy (non-hydrogen) atoms. The van der Waals surface area contributed by atoms with Crippen LogP contribution in [-0.4, -0.2) is 57.2 Å². The van der Waals surface area contributed by atoms with Crippen LogP contribution in [-0.2, 0) is 6.54 Å². The molecule has 5 nitrogen and oxygen atoms in total. The van der Waals surface area contributed by atoms with Crippen molar-refractivity contribution in [2.24, 2.45) is 0 Å². The van der Waals surface area contributed by atoms with E-state index in [1.807, 2.05) is 6.26 Å². The highest BCUT2D eigenvalue weighted by atomic mass is 32.2. The summed E-state index contributed by atoms with van der Waals surface area (Å²) in [5.41, 5.74) is 1.26. The first-order chi connectivity index (χ1) is 12.0. The number of anilines is 1. The summed E-state index contributed by atoms with van der Waals surface area (Å²) in [4.78, 5) is 14.5. The maximum absolute atomic E-state index is 9.59. The molecule has 0 aliphatic carbocycles. The third-order valence-electron chi connectivity index (χ3n) is 5.04. The van der Waals surface area contributed by atoms with Crippen LogP contribution in [0.3, 0.4) is 0 Å². The molecule has 0 bridgehead atoms. The second-order valence-electron chi connectivity index (χ2n) is 6.82. The van der Waals surface area contributed by atoms with Gasteiger partial charge in [0.1, 0.15) is 16.5 Å². The number of hydrogen-bond donors (Lipinski definition) is 2. The fraction of sp³-hybridized carbons (Fsp3) is 0.667. The highest BCUT2D eigenvalue weighted by Gasteiger charge is 2.21. The number of hydrogen-bond acceptors (Lipinski definition) is 7. The number of aliphatic hydroxyl groups is 1. The minimum absolute atomic E-state index is 0.136. The van der Waals surface area contributed by atoms with Gasteiger partial charge >= 0.3 is 0 Å². The zero-order valence-electron chi connectivity index (χ0n) is 15.5. The number of aromatic nitrogens is 2. The first kappa shape index (κ1) is 18.9. The summed E-state index contributed by atoms with van der Waals surface area (Å²) in [5.74, 6) is 1.82. The molecule has 1 saturated heterocycles. The Labute approximate surface area is 158 Å². The molecule has 7 heteroatoms. The van der Waals surface area contributed by atoms with E-state index in [0.717, 1.165) is 41.5 Å². The average Bonchev–Trinajstić information content (AvgIpc) is 3.17. The molecule has 1 fully saturated rings. The Balaban J connectivity index is 1.95. The number of nitrogens with one attached hydrogen (secondary N) is 1. The molecule has 0 spiro atoms. The van der Waals surface area contributed by atoms with Crippen molar-refractivity contribution in [1.82, 2.24) is 14.9 Å². The summed E-state index contributed by atoms with van der Waals surface area (Å²) >= 11 is 3.43. The molecule has 3 heterocycles. The van der Waals surface area contributed by atoms with Crippen LogP contribution in [0.2, 0.25) is 0 Å². The fourth-order valence-electron chi connectivity index (χ4n) is 3.36. The van der Waals surface area contributed by atoms with Gasteiger partial charge in [0.2, 0.25) is 0 Å². The largest absolute Gasteiger partial charge is 0.395 e. The summed E-state index contributed by atoms with van der Waals surface area (Å²) in [6.45, 7) is 9.66. The maximum atomic E-state index is 9.59. The van der Waals surface area contributed by atoms with Crippen molar-refractivity contribution in [2.75, 3.05) is 31.3 Å². The molecule has 0 aromatic carbocycles. The van der Waals surface area contributed by atoms with Crippen LogP contribution < -0.4 is 5.32 Å². The van der Waals surface area contributed by atoms with Crippen LogP contribution in [0.5, 0.6) is 0 Å². The van der Waals surface area contributed by atoms with E-state index in [9.17, 15) is 5.11 Å². The minimum Gasteiger partial charge on any atom is -0.395 e. The van der Waals surface area contributed by atoms with Gasteiger partial charge in [-0.3, -0.25) is 4.90 Å². The van der Waals surface area contributed by atoms with E-state index in [-0.39, 0.29) is 17.9 Å². The number of rotatable bonds is 7. The van der Waals surface area contributed by atoms with E-state index < -0.39 is 0 Å². The molecule has 138 valence electrons. The predicted molar refractivity (Wildman–Crippen MR) is 109 cm³/mol. The third-order valence-corrected chi connectivity index (χ3v) is 7.31. The van der Waals surface area contributed by atoms with Crippen molar-refractivity contribution < 1.29 is 5.11 Å². The number of likely N-dealkylation sites (tertiary alicyclic amines) is 1. The fourth-order valence-corrected chi connectivity index (χ4v) is 5.03. The Morgan fingerprint density at radius 1 is 1.28 bits per heavy atom. The lowest BCUT2D eigenvalue weighted by atomic mass is 10.2. The summed E-state index contributed by atoms with van der Waals surface area (Å²) in [6, 6.07) is 0.136. The Bertz CT molecular complexity index is 723. The molecular weight excluding hydrogens is 352 g/mol. The number of fused-ring (bicyclic) bond motifs is 1. The van der Waals surface area contributed by atoms with Crippen LogP contribution >= 0.6 is 23.1 Å². The number of thiophene rings is 1. The summed E-state index contributed by atoms with van der Waals surface area (Å²) in [7, 11) is 0. The van der Waals surface area contributed by atoms with Gasteiger partial charge < -0.3 is 10.4 Å². The monoisotopic (exact) mass is 380 g/mol. The zero-order chi connectivity index (χ0) is 18.0. The second-order valence-corrected chi connectivity index (χ2v) is 9.10. The molecule has 1 aliphatic rings. The molecular formula is C18H28N4OS2. The van der Waals surface area contributed by atoms with E-state index in [1.54, 1.807) is 23.1 Å². The maximum Gasteiger partial charge on any atom is 0.146 e. The number of aliphatic hydroxyl groups excluding tert-OH is 1. The molecule has 0 saturated carbocycles. The summed E-state index contributed by atoms with van der Waals surface area (Å²) < 4.78 is 0. The SMILES string of the molecule is CSC(CO)C(C)Nc1nc(CN2CCCC2)nc2sc(C)c(C)c12. The zero-order valence-corrected chi connectivity index (χ0v) is 17.1. The Morgan fingerprint density at radius 3 is 2.64 bits per heavy atom. The smallest absolute Gasteiger partial charge is 0.146 e. The van der Waals surface area contributed by atoms with Gasteiger partial charge in [-0.05, 0) is 58.5 Å². The highest BCUT2D eigenvalue weighted by Crippen LogP contribution is 2.34. The molecule has 0 amide bonds. The van der Waals surface area contributed by atoms with Crippen LogP contribution in [0, 0.1) is 13.8 Å². The molecule has 2 unspecified atom stereocenters. The summed E-state index contributed by atoms with van der Waals surface area (Å²) in [6.07, 6.45) is 4.58. The van der Waals surface area contributed by atoms with Crippen molar-refractivity contribution in [2.45, 2.75) is 51.4 Å². The molecule has 1 aliphatic heterocycles. The topological polar surface area (TPSA) is 61.3 Å². The van der Waals surface area contributed by atoms with Crippen molar-refractivity contribution in [3.05, 3.63) is 16.3 Å². The predicted octanol–water partition coefficient (Wildman–Crippen LogP) is 3.43. The standard InChI is InChI=1S/C18H28N4OS2/c1-11-13(3)25-18-16(11)17(19-12(2)14(10-23)24-4)20-15(21-18)9-22-7-5-6-8-22/h12,14,23H,5-10H2,1-4H3,(H,19,20,21). The second kappa shape index (κ2) is 8.20. The molecule has 2 aromatic heterocycles. The van der Waals surface area contributed by atoms with Crippen molar-refractivity contribution >= 4 is 39.1 Å². The van der Waals surface area contributed by atoms with E-state index in [4.69, 9.17) is 9.97 Å². The van der Waals surface area contributed by atoms with Gasteiger partial charge in [0.15, 0.2) is 0 Å². The van der Waals surface area contributed by atoms with Gasteiger partial charge in [-0.1, -0.05) is 0 Å².